The normalized spacial score (nSPS) is 24.2. The third kappa shape index (κ3) is 1.54. The molecule has 2 aliphatic rings. The zero-order valence-corrected chi connectivity index (χ0v) is 8.93. The lowest BCUT2D eigenvalue weighted by Gasteiger charge is -2.21. The van der Waals surface area contributed by atoms with E-state index in [4.69, 9.17) is 0 Å². The van der Waals surface area contributed by atoms with Crippen LogP contribution >= 0.6 is 11.8 Å². The SMILES string of the molecule is Fc1ccc(C2=CSC3CCNN23)cc1. The minimum absolute atomic E-state index is 0.184. The highest BCUT2D eigenvalue weighted by atomic mass is 32.2. The average molecular weight is 222 g/mol. The van der Waals surface area contributed by atoms with Gasteiger partial charge in [0.15, 0.2) is 0 Å². The van der Waals surface area contributed by atoms with Gasteiger partial charge in [-0.1, -0.05) is 0 Å². The third-order valence-corrected chi connectivity index (χ3v) is 3.82. The van der Waals surface area contributed by atoms with Crippen molar-refractivity contribution in [3.8, 4) is 0 Å². The van der Waals surface area contributed by atoms with Gasteiger partial charge in [-0.05, 0) is 41.7 Å². The van der Waals surface area contributed by atoms with Crippen molar-refractivity contribution in [2.75, 3.05) is 6.54 Å². The predicted molar refractivity (Wildman–Crippen MR) is 60.2 cm³/mol. The van der Waals surface area contributed by atoms with Crippen LogP contribution in [-0.4, -0.2) is 16.9 Å². The molecule has 1 atom stereocenters. The van der Waals surface area contributed by atoms with E-state index in [2.05, 4.69) is 15.8 Å². The Kier molecular flexibility index (Phi) is 2.18. The summed E-state index contributed by atoms with van der Waals surface area (Å²) in [5, 5.41) is 4.84. The van der Waals surface area contributed by atoms with Crippen LogP contribution in [0.2, 0.25) is 0 Å². The van der Waals surface area contributed by atoms with E-state index in [-0.39, 0.29) is 5.82 Å². The molecule has 3 rings (SSSR count). The summed E-state index contributed by atoms with van der Waals surface area (Å²) in [4.78, 5) is 0. The van der Waals surface area contributed by atoms with E-state index in [1.165, 1.54) is 12.1 Å². The summed E-state index contributed by atoms with van der Waals surface area (Å²) < 4.78 is 12.8. The number of nitrogens with one attached hydrogen (secondary N) is 1. The Bertz CT molecular complexity index is 402. The largest absolute Gasteiger partial charge is 0.294 e. The first-order valence-electron chi connectivity index (χ1n) is 4.99. The standard InChI is InChI=1S/C11H11FN2S/c12-9-3-1-8(2-4-9)10-7-15-11-5-6-13-14(10)11/h1-4,7,11,13H,5-6H2. The fourth-order valence-electron chi connectivity index (χ4n) is 1.94. The Balaban J connectivity index is 1.91. The molecule has 0 saturated carbocycles. The van der Waals surface area contributed by atoms with Gasteiger partial charge in [0.25, 0.3) is 0 Å². The number of hydrazine groups is 1. The van der Waals surface area contributed by atoms with Crippen LogP contribution in [0.15, 0.2) is 29.7 Å². The van der Waals surface area contributed by atoms with Gasteiger partial charge in [0.05, 0.1) is 11.1 Å². The molecule has 78 valence electrons. The quantitative estimate of drug-likeness (QED) is 0.785. The van der Waals surface area contributed by atoms with Gasteiger partial charge in [-0.25, -0.2) is 9.82 Å². The van der Waals surface area contributed by atoms with Crippen molar-refractivity contribution in [2.24, 2.45) is 0 Å². The molecular weight excluding hydrogens is 211 g/mol. The molecule has 1 saturated heterocycles. The second kappa shape index (κ2) is 3.54. The fraction of sp³-hybridized carbons (Fsp3) is 0.273. The van der Waals surface area contributed by atoms with E-state index in [0.717, 1.165) is 24.2 Å². The highest BCUT2D eigenvalue weighted by Crippen LogP contribution is 2.38. The zero-order chi connectivity index (χ0) is 10.3. The molecule has 1 aromatic rings. The maximum Gasteiger partial charge on any atom is 0.123 e. The average Bonchev–Trinajstić information content (AvgIpc) is 2.80. The van der Waals surface area contributed by atoms with Gasteiger partial charge in [0.2, 0.25) is 0 Å². The molecule has 0 amide bonds. The van der Waals surface area contributed by atoms with Gasteiger partial charge >= 0.3 is 0 Å². The van der Waals surface area contributed by atoms with Crippen molar-refractivity contribution in [3.05, 3.63) is 41.1 Å². The highest BCUT2D eigenvalue weighted by molar-refractivity contribution is 8.03. The van der Waals surface area contributed by atoms with Crippen molar-refractivity contribution in [2.45, 2.75) is 11.8 Å². The first-order chi connectivity index (χ1) is 7.34. The maximum absolute atomic E-state index is 12.8. The molecule has 0 aliphatic carbocycles. The number of halogens is 1. The van der Waals surface area contributed by atoms with Gasteiger partial charge in [-0.3, -0.25) is 5.01 Å². The number of hydrogen-bond donors (Lipinski definition) is 1. The number of thioether (sulfide) groups is 1. The molecule has 1 aromatic carbocycles. The number of fused-ring (bicyclic) bond motifs is 1. The summed E-state index contributed by atoms with van der Waals surface area (Å²) in [6, 6.07) is 6.66. The van der Waals surface area contributed by atoms with Crippen LogP contribution in [0.1, 0.15) is 12.0 Å². The number of rotatable bonds is 1. The van der Waals surface area contributed by atoms with Crippen LogP contribution < -0.4 is 5.43 Å². The second-order valence-corrected chi connectivity index (χ2v) is 4.72. The first-order valence-corrected chi connectivity index (χ1v) is 5.93. The Morgan fingerprint density at radius 2 is 2.13 bits per heavy atom. The molecule has 2 aliphatic heterocycles. The lowest BCUT2D eigenvalue weighted by molar-refractivity contribution is 0.366. The molecule has 0 spiro atoms. The summed E-state index contributed by atoms with van der Waals surface area (Å²) in [5.74, 6) is -0.184. The Labute approximate surface area is 92.1 Å². The van der Waals surface area contributed by atoms with Gasteiger partial charge < -0.3 is 0 Å². The number of nitrogens with zero attached hydrogens (tertiary/aromatic N) is 1. The molecule has 2 nitrogen and oxygen atoms in total. The Morgan fingerprint density at radius 3 is 2.93 bits per heavy atom. The molecule has 2 heterocycles. The van der Waals surface area contributed by atoms with Crippen LogP contribution in [0.3, 0.4) is 0 Å². The van der Waals surface area contributed by atoms with Gasteiger partial charge in [0.1, 0.15) is 5.82 Å². The number of benzene rings is 1. The summed E-state index contributed by atoms with van der Waals surface area (Å²) >= 11 is 1.83. The maximum atomic E-state index is 12.8. The van der Waals surface area contributed by atoms with Crippen LogP contribution in [-0.2, 0) is 0 Å². The number of hydrogen-bond acceptors (Lipinski definition) is 3. The summed E-state index contributed by atoms with van der Waals surface area (Å²) in [7, 11) is 0. The van der Waals surface area contributed by atoms with Crippen LogP contribution in [0, 0.1) is 5.82 Å². The molecule has 1 fully saturated rings. The minimum Gasteiger partial charge on any atom is -0.294 e. The smallest absolute Gasteiger partial charge is 0.123 e. The molecule has 4 heteroatoms. The van der Waals surface area contributed by atoms with E-state index in [9.17, 15) is 4.39 Å². The Morgan fingerprint density at radius 1 is 1.33 bits per heavy atom. The van der Waals surface area contributed by atoms with Crippen LogP contribution in [0.5, 0.6) is 0 Å². The summed E-state index contributed by atoms with van der Waals surface area (Å²) in [6.07, 6.45) is 1.16. The first kappa shape index (κ1) is 9.24. The van der Waals surface area contributed by atoms with Crippen molar-refractivity contribution in [3.63, 3.8) is 0 Å². The van der Waals surface area contributed by atoms with Crippen molar-refractivity contribution in [1.82, 2.24) is 10.4 Å². The third-order valence-electron chi connectivity index (χ3n) is 2.70. The molecule has 0 radical (unpaired) electrons. The fourth-order valence-corrected chi connectivity index (χ4v) is 3.04. The molecule has 0 bridgehead atoms. The van der Waals surface area contributed by atoms with E-state index in [1.54, 1.807) is 0 Å². The minimum atomic E-state index is -0.184. The lowest BCUT2D eigenvalue weighted by Crippen LogP contribution is -2.30. The van der Waals surface area contributed by atoms with Gasteiger partial charge in [-0.2, -0.15) is 0 Å². The van der Waals surface area contributed by atoms with E-state index in [1.807, 2.05) is 23.9 Å². The monoisotopic (exact) mass is 222 g/mol. The molecular formula is C11H11FN2S. The topological polar surface area (TPSA) is 15.3 Å². The van der Waals surface area contributed by atoms with E-state index < -0.39 is 0 Å². The van der Waals surface area contributed by atoms with E-state index >= 15 is 0 Å². The second-order valence-electron chi connectivity index (χ2n) is 3.67. The highest BCUT2D eigenvalue weighted by Gasteiger charge is 2.31. The van der Waals surface area contributed by atoms with Crippen molar-refractivity contribution >= 4 is 17.5 Å². The Hall–Kier alpha value is -1.00. The molecule has 15 heavy (non-hydrogen) atoms. The van der Waals surface area contributed by atoms with Crippen molar-refractivity contribution in [1.29, 1.82) is 0 Å². The van der Waals surface area contributed by atoms with Gasteiger partial charge in [0, 0.05) is 6.54 Å². The van der Waals surface area contributed by atoms with Crippen molar-refractivity contribution < 1.29 is 4.39 Å². The van der Waals surface area contributed by atoms with Crippen LogP contribution in [0.4, 0.5) is 4.39 Å². The molecule has 1 unspecified atom stereocenters. The molecule has 1 N–H and O–H groups in total. The van der Waals surface area contributed by atoms with Gasteiger partial charge in [-0.15, -0.1) is 11.8 Å². The summed E-state index contributed by atoms with van der Waals surface area (Å²) in [5.41, 5.74) is 5.56. The zero-order valence-electron chi connectivity index (χ0n) is 8.11. The molecule has 0 aromatic heterocycles. The van der Waals surface area contributed by atoms with E-state index in [0.29, 0.717) is 5.37 Å². The van der Waals surface area contributed by atoms with Crippen LogP contribution in [0.25, 0.3) is 5.70 Å². The lowest BCUT2D eigenvalue weighted by atomic mass is 10.1. The predicted octanol–water partition coefficient (Wildman–Crippen LogP) is 2.41. The summed E-state index contributed by atoms with van der Waals surface area (Å²) in [6.45, 7) is 1.02.